The second-order valence-corrected chi connectivity index (χ2v) is 6.88. The Morgan fingerprint density at radius 3 is 2.57 bits per heavy atom. The molecule has 0 spiro atoms. The van der Waals surface area contributed by atoms with Crippen LogP contribution in [-0.2, 0) is 15.1 Å². The highest BCUT2D eigenvalue weighted by Gasteiger charge is 2.57. The Kier molecular flexibility index (Phi) is 3.44. The third-order valence-electron chi connectivity index (χ3n) is 4.14. The second kappa shape index (κ2) is 5.02. The summed E-state index contributed by atoms with van der Waals surface area (Å²) in [4.78, 5) is 14.3. The molecule has 0 N–H and O–H groups in total. The van der Waals surface area contributed by atoms with E-state index in [1.54, 1.807) is 0 Å². The molecule has 0 unspecified atom stereocenters. The first-order chi connectivity index (χ1) is 9.92. The fraction of sp³-hybridized carbons (Fsp3) is 0.588. The summed E-state index contributed by atoms with van der Waals surface area (Å²) in [6.45, 7) is 7.13. The van der Waals surface area contributed by atoms with Gasteiger partial charge in [-0.3, -0.25) is 0 Å². The molecule has 0 saturated carbocycles. The average molecular weight is 289 g/mol. The maximum absolute atomic E-state index is 12.4. The van der Waals surface area contributed by atoms with Gasteiger partial charge in [-0.05, 0) is 39.2 Å². The van der Waals surface area contributed by atoms with Gasteiger partial charge in [0.1, 0.15) is 11.2 Å². The number of rotatable bonds is 2. The van der Waals surface area contributed by atoms with Crippen molar-refractivity contribution < 1.29 is 14.3 Å². The lowest BCUT2D eigenvalue weighted by atomic mass is 9.90. The molecule has 2 heterocycles. The first-order valence-electron chi connectivity index (χ1n) is 7.61. The Hall–Kier alpha value is -1.55. The van der Waals surface area contributed by atoms with Crippen molar-refractivity contribution in [3.8, 4) is 0 Å². The van der Waals surface area contributed by atoms with Gasteiger partial charge in [-0.25, -0.2) is 4.79 Å². The summed E-state index contributed by atoms with van der Waals surface area (Å²) >= 11 is 0. The SMILES string of the molecule is CC(C)(C)OC(=O)N1CCC[C@H]1[C@]1(c2ccccc2)CO1. The third-order valence-corrected chi connectivity index (χ3v) is 4.14. The standard InChI is InChI=1S/C17H23NO3/c1-16(2,3)21-15(19)18-11-7-10-14(18)17(12-20-17)13-8-5-4-6-9-13/h4-6,8-9,14H,7,10-12H2,1-3H3/t14-,17+/m0/s1. The third kappa shape index (κ3) is 2.77. The molecule has 1 aromatic carbocycles. The van der Waals surface area contributed by atoms with E-state index in [1.807, 2.05) is 43.9 Å². The number of nitrogens with zero attached hydrogens (tertiary/aromatic N) is 1. The molecular formula is C17H23NO3. The Bertz CT molecular complexity index is 517. The van der Waals surface area contributed by atoms with Crippen molar-refractivity contribution in [1.82, 2.24) is 4.90 Å². The van der Waals surface area contributed by atoms with E-state index in [2.05, 4.69) is 12.1 Å². The van der Waals surface area contributed by atoms with Crippen LogP contribution in [0.1, 0.15) is 39.2 Å². The second-order valence-electron chi connectivity index (χ2n) is 6.88. The summed E-state index contributed by atoms with van der Waals surface area (Å²) in [6, 6.07) is 10.3. The van der Waals surface area contributed by atoms with Gasteiger partial charge in [-0.1, -0.05) is 30.3 Å². The summed E-state index contributed by atoms with van der Waals surface area (Å²) in [6.07, 6.45) is 1.74. The molecule has 21 heavy (non-hydrogen) atoms. The van der Waals surface area contributed by atoms with Crippen LogP contribution in [0.25, 0.3) is 0 Å². The fourth-order valence-electron chi connectivity index (χ4n) is 3.14. The van der Waals surface area contributed by atoms with E-state index in [-0.39, 0.29) is 17.7 Å². The van der Waals surface area contributed by atoms with E-state index in [0.29, 0.717) is 6.61 Å². The first-order valence-corrected chi connectivity index (χ1v) is 7.61. The molecule has 2 atom stereocenters. The molecule has 2 saturated heterocycles. The Morgan fingerprint density at radius 1 is 1.33 bits per heavy atom. The van der Waals surface area contributed by atoms with Gasteiger partial charge in [0.15, 0.2) is 0 Å². The average Bonchev–Trinajstić information content (AvgIpc) is 3.08. The van der Waals surface area contributed by atoms with Crippen LogP contribution in [0.15, 0.2) is 30.3 Å². The Labute approximate surface area is 126 Å². The Morgan fingerprint density at radius 2 is 2.00 bits per heavy atom. The van der Waals surface area contributed by atoms with E-state index in [0.717, 1.165) is 24.9 Å². The summed E-state index contributed by atoms with van der Waals surface area (Å²) < 4.78 is 11.4. The minimum atomic E-state index is -0.464. The van der Waals surface area contributed by atoms with Crippen LogP contribution < -0.4 is 0 Å². The molecule has 2 fully saturated rings. The van der Waals surface area contributed by atoms with Gasteiger partial charge < -0.3 is 14.4 Å². The van der Waals surface area contributed by atoms with Crippen molar-refractivity contribution >= 4 is 6.09 Å². The number of ether oxygens (including phenoxy) is 2. The van der Waals surface area contributed by atoms with Crippen LogP contribution >= 0.6 is 0 Å². The van der Waals surface area contributed by atoms with Gasteiger partial charge in [-0.15, -0.1) is 0 Å². The molecule has 2 aliphatic heterocycles. The Balaban J connectivity index is 1.80. The summed E-state index contributed by atoms with van der Waals surface area (Å²) in [5, 5.41) is 0. The lowest BCUT2D eigenvalue weighted by Crippen LogP contribution is -2.45. The van der Waals surface area contributed by atoms with Crippen LogP contribution in [-0.4, -0.2) is 35.8 Å². The highest BCUT2D eigenvalue weighted by Crippen LogP contribution is 2.47. The van der Waals surface area contributed by atoms with Crippen LogP contribution in [0, 0.1) is 0 Å². The largest absolute Gasteiger partial charge is 0.444 e. The van der Waals surface area contributed by atoms with E-state index in [9.17, 15) is 4.79 Å². The van der Waals surface area contributed by atoms with Crippen LogP contribution in [0.2, 0.25) is 0 Å². The number of carbonyl (C=O) groups excluding carboxylic acids is 1. The van der Waals surface area contributed by atoms with Crippen molar-refractivity contribution in [2.24, 2.45) is 0 Å². The van der Waals surface area contributed by atoms with Gasteiger partial charge in [0.05, 0.1) is 12.6 Å². The topological polar surface area (TPSA) is 42.1 Å². The normalized spacial score (nSPS) is 28.5. The zero-order valence-electron chi connectivity index (χ0n) is 13.0. The van der Waals surface area contributed by atoms with Crippen molar-refractivity contribution in [2.75, 3.05) is 13.2 Å². The molecule has 0 bridgehead atoms. The van der Waals surface area contributed by atoms with Gasteiger partial charge in [-0.2, -0.15) is 0 Å². The minimum Gasteiger partial charge on any atom is -0.444 e. The van der Waals surface area contributed by atoms with Gasteiger partial charge >= 0.3 is 6.09 Å². The van der Waals surface area contributed by atoms with E-state index >= 15 is 0 Å². The lowest BCUT2D eigenvalue weighted by Gasteiger charge is -2.32. The number of hydrogen-bond acceptors (Lipinski definition) is 3. The zero-order chi connectivity index (χ0) is 15.1. The molecule has 2 aliphatic rings. The van der Waals surface area contributed by atoms with Crippen LogP contribution in [0.3, 0.4) is 0 Å². The predicted molar refractivity (Wildman–Crippen MR) is 80.0 cm³/mol. The minimum absolute atomic E-state index is 0.0785. The van der Waals surface area contributed by atoms with Gasteiger partial charge in [0, 0.05) is 6.54 Å². The van der Waals surface area contributed by atoms with Crippen LogP contribution in [0.4, 0.5) is 4.79 Å². The van der Waals surface area contributed by atoms with Gasteiger partial charge in [0.2, 0.25) is 0 Å². The number of hydrogen-bond donors (Lipinski definition) is 0. The van der Waals surface area contributed by atoms with E-state index in [1.165, 1.54) is 0 Å². The summed E-state index contributed by atoms with van der Waals surface area (Å²) in [5.41, 5.74) is 0.369. The molecule has 0 radical (unpaired) electrons. The molecule has 1 aromatic rings. The first kappa shape index (κ1) is 14.4. The highest BCUT2D eigenvalue weighted by molar-refractivity contribution is 5.69. The molecular weight excluding hydrogens is 266 g/mol. The highest BCUT2D eigenvalue weighted by atomic mass is 16.6. The number of epoxide rings is 1. The molecule has 4 heteroatoms. The quantitative estimate of drug-likeness (QED) is 0.784. The van der Waals surface area contributed by atoms with Crippen molar-refractivity contribution in [3.63, 3.8) is 0 Å². The molecule has 0 aliphatic carbocycles. The molecule has 3 rings (SSSR count). The summed E-state index contributed by atoms with van der Waals surface area (Å²) in [7, 11) is 0. The maximum atomic E-state index is 12.4. The molecule has 0 aromatic heterocycles. The molecule has 4 nitrogen and oxygen atoms in total. The van der Waals surface area contributed by atoms with Crippen molar-refractivity contribution in [2.45, 2.75) is 50.9 Å². The monoisotopic (exact) mass is 289 g/mol. The number of likely N-dealkylation sites (tertiary alicyclic amines) is 1. The smallest absolute Gasteiger partial charge is 0.410 e. The van der Waals surface area contributed by atoms with Crippen molar-refractivity contribution in [1.29, 1.82) is 0 Å². The summed E-state index contributed by atoms with van der Waals surface area (Å²) in [5.74, 6) is 0. The molecule has 114 valence electrons. The van der Waals surface area contributed by atoms with Crippen LogP contribution in [0.5, 0.6) is 0 Å². The fourth-order valence-corrected chi connectivity index (χ4v) is 3.14. The number of carbonyl (C=O) groups is 1. The van der Waals surface area contributed by atoms with Gasteiger partial charge in [0.25, 0.3) is 0 Å². The zero-order valence-corrected chi connectivity index (χ0v) is 13.0. The molecule has 1 amide bonds. The predicted octanol–water partition coefficient (Wildman–Crippen LogP) is 3.31. The van der Waals surface area contributed by atoms with E-state index in [4.69, 9.17) is 9.47 Å². The number of amides is 1. The lowest BCUT2D eigenvalue weighted by molar-refractivity contribution is 0.0143. The maximum Gasteiger partial charge on any atom is 0.410 e. The van der Waals surface area contributed by atoms with E-state index < -0.39 is 5.60 Å². The number of benzene rings is 1. The van der Waals surface area contributed by atoms with Crippen molar-refractivity contribution in [3.05, 3.63) is 35.9 Å².